The van der Waals surface area contributed by atoms with Crippen LogP contribution in [-0.4, -0.2) is 28.9 Å². The van der Waals surface area contributed by atoms with Gasteiger partial charge in [-0.25, -0.2) is 9.78 Å². The lowest BCUT2D eigenvalue weighted by Gasteiger charge is -2.00. The Bertz CT molecular complexity index is 773. The second kappa shape index (κ2) is 7.51. The van der Waals surface area contributed by atoms with E-state index in [-0.39, 0.29) is 34.9 Å². The summed E-state index contributed by atoms with van der Waals surface area (Å²) >= 11 is 1.02. The molecule has 9 nitrogen and oxygen atoms in total. The van der Waals surface area contributed by atoms with Gasteiger partial charge in [-0.2, -0.15) is 4.99 Å². The fourth-order valence-electron chi connectivity index (χ4n) is 1.66. The first kappa shape index (κ1) is 18.3. The van der Waals surface area contributed by atoms with E-state index in [0.29, 0.717) is 10.4 Å². The monoisotopic (exact) mass is 357 g/mol. The second-order valence-corrected chi connectivity index (χ2v) is 4.99. The predicted octanol–water partition coefficient (Wildman–Crippen LogP) is 1.83. The highest BCUT2D eigenvalue weighted by Gasteiger charge is 2.21. The third-order valence-corrected chi connectivity index (χ3v) is 3.54. The maximum atomic E-state index is 11.8. The van der Waals surface area contributed by atoms with Crippen molar-refractivity contribution in [2.24, 2.45) is 16.5 Å². The number of methoxy groups -OCH3 is 1. The molecule has 0 saturated carbocycles. The summed E-state index contributed by atoms with van der Waals surface area (Å²) in [5, 5.41) is 11.0. The highest BCUT2D eigenvalue weighted by atomic mass is 35.5. The van der Waals surface area contributed by atoms with Crippen LogP contribution in [-0.2, 0) is 4.74 Å². The van der Waals surface area contributed by atoms with E-state index in [4.69, 9.17) is 11.5 Å². The van der Waals surface area contributed by atoms with E-state index < -0.39 is 10.9 Å². The Hall–Kier alpha value is -2.72. The molecule has 0 spiro atoms. The Kier molecular flexibility index (Phi) is 5.99. The van der Waals surface area contributed by atoms with Crippen molar-refractivity contribution < 1.29 is 14.5 Å². The van der Waals surface area contributed by atoms with Gasteiger partial charge in [-0.1, -0.05) is 23.5 Å². The smallest absolute Gasteiger partial charge is 0.358 e. The summed E-state index contributed by atoms with van der Waals surface area (Å²) in [4.78, 5) is 30.3. The molecule has 11 heteroatoms. The number of carbonyl (C=O) groups is 1. The molecular formula is C12H12ClN5O4S. The van der Waals surface area contributed by atoms with Crippen molar-refractivity contribution in [3.63, 3.8) is 0 Å². The number of benzene rings is 1. The van der Waals surface area contributed by atoms with Crippen molar-refractivity contribution in [1.82, 2.24) is 4.98 Å². The average Bonchev–Trinajstić information content (AvgIpc) is 2.89. The third-order valence-electron chi connectivity index (χ3n) is 2.54. The van der Waals surface area contributed by atoms with Crippen LogP contribution < -0.4 is 11.5 Å². The quantitative estimate of drug-likeness (QED) is 0.279. The van der Waals surface area contributed by atoms with Crippen LogP contribution in [0.25, 0.3) is 10.4 Å². The molecule has 122 valence electrons. The first-order valence-electron chi connectivity index (χ1n) is 5.86. The van der Waals surface area contributed by atoms with Crippen LogP contribution in [0.5, 0.6) is 0 Å². The number of aliphatic imine (C=N–C) groups is 1. The molecule has 2 rings (SSSR count). The number of nitro groups is 1. The van der Waals surface area contributed by atoms with E-state index in [0.717, 1.165) is 11.3 Å². The molecule has 0 fully saturated rings. The highest BCUT2D eigenvalue weighted by molar-refractivity contribution is 7.19. The van der Waals surface area contributed by atoms with Gasteiger partial charge >= 0.3 is 5.97 Å². The SMILES string of the molecule is COC(=O)c1nc(N=C(N)N)sc1-c1cccc([N+](=O)[O-])c1.Cl. The molecule has 0 saturated heterocycles. The first-order chi connectivity index (χ1) is 10.4. The summed E-state index contributed by atoms with van der Waals surface area (Å²) in [6.07, 6.45) is 0. The number of nitrogens with two attached hydrogens (primary N) is 2. The van der Waals surface area contributed by atoms with Gasteiger partial charge in [0.25, 0.3) is 5.69 Å². The van der Waals surface area contributed by atoms with Crippen molar-refractivity contribution in [3.05, 3.63) is 40.1 Å². The van der Waals surface area contributed by atoms with Crippen LogP contribution in [0.1, 0.15) is 10.5 Å². The van der Waals surface area contributed by atoms with Crippen LogP contribution in [0, 0.1) is 10.1 Å². The molecule has 1 aromatic carbocycles. The number of halogens is 1. The molecule has 1 aromatic heterocycles. The Morgan fingerprint density at radius 2 is 2.13 bits per heavy atom. The van der Waals surface area contributed by atoms with Crippen molar-refractivity contribution in [2.45, 2.75) is 0 Å². The topological polar surface area (TPSA) is 147 Å². The van der Waals surface area contributed by atoms with Gasteiger partial charge in [0.05, 0.1) is 16.9 Å². The van der Waals surface area contributed by atoms with E-state index in [2.05, 4.69) is 14.7 Å². The standard InChI is InChI=1S/C12H11N5O4S.ClH/c1-21-10(18)8-9(22-12(15-8)16-11(13)14)6-3-2-4-7(5-6)17(19)20;/h2-5H,1H3,(H4,13,14,15,16);1H. The van der Waals surface area contributed by atoms with Crippen molar-refractivity contribution in [2.75, 3.05) is 7.11 Å². The van der Waals surface area contributed by atoms with Crippen molar-refractivity contribution in [3.8, 4) is 10.4 Å². The maximum absolute atomic E-state index is 11.8. The lowest BCUT2D eigenvalue weighted by molar-refractivity contribution is -0.384. The molecule has 0 aliphatic rings. The zero-order chi connectivity index (χ0) is 16.3. The van der Waals surface area contributed by atoms with E-state index in [1.54, 1.807) is 6.07 Å². The molecule has 2 aromatic rings. The first-order valence-corrected chi connectivity index (χ1v) is 6.67. The van der Waals surface area contributed by atoms with Gasteiger partial charge in [-0.15, -0.1) is 12.4 Å². The summed E-state index contributed by atoms with van der Waals surface area (Å²) in [6.45, 7) is 0. The zero-order valence-corrected chi connectivity index (χ0v) is 13.4. The maximum Gasteiger partial charge on any atom is 0.358 e. The van der Waals surface area contributed by atoms with E-state index in [9.17, 15) is 14.9 Å². The van der Waals surface area contributed by atoms with Crippen molar-refractivity contribution in [1.29, 1.82) is 0 Å². The van der Waals surface area contributed by atoms with Crippen molar-refractivity contribution >= 4 is 46.5 Å². The number of nitro benzene ring substituents is 1. The number of aromatic nitrogens is 1. The number of rotatable bonds is 4. The molecule has 23 heavy (non-hydrogen) atoms. The van der Waals surface area contributed by atoms with Gasteiger partial charge in [0, 0.05) is 17.7 Å². The lowest BCUT2D eigenvalue weighted by Crippen LogP contribution is -2.21. The Morgan fingerprint density at radius 3 is 2.70 bits per heavy atom. The molecule has 0 aliphatic carbocycles. The predicted molar refractivity (Wildman–Crippen MR) is 88.3 cm³/mol. The highest BCUT2D eigenvalue weighted by Crippen LogP contribution is 2.36. The molecule has 0 bridgehead atoms. The van der Waals surface area contributed by atoms with Gasteiger partial charge in [0.1, 0.15) is 0 Å². The number of hydrogen-bond acceptors (Lipinski definition) is 7. The van der Waals surface area contributed by atoms with Crippen LogP contribution in [0.4, 0.5) is 10.8 Å². The Balaban J connectivity index is 0.00000264. The average molecular weight is 358 g/mol. The number of hydrogen-bond donors (Lipinski definition) is 2. The summed E-state index contributed by atoms with van der Waals surface area (Å²) in [7, 11) is 1.21. The van der Waals surface area contributed by atoms with Crippen LogP contribution >= 0.6 is 23.7 Å². The largest absolute Gasteiger partial charge is 0.464 e. The number of guanidine groups is 1. The van der Waals surface area contributed by atoms with E-state index in [1.165, 1.54) is 25.3 Å². The molecule has 1 heterocycles. The van der Waals surface area contributed by atoms with Gasteiger partial charge < -0.3 is 16.2 Å². The molecule has 0 radical (unpaired) electrons. The molecule has 0 unspecified atom stereocenters. The number of ether oxygens (including phenoxy) is 1. The fraction of sp³-hybridized carbons (Fsp3) is 0.0833. The van der Waals surface area contributed by atoms with E-state index in [1.807, 2.05) is 0 Å². The molecule has 0 amide bonds. The number of carbonyl (C=O) groups excluding carboxylic acids is 1. The molecule has 0 atom stereocenters. The minimum absolute atomic E-state index is 0. The van der Waals surface area contributed by atoms with Crippen LogP contribution in [0.2, 0.25) is 0 Å². The lowest BCUT2D eigenvalue weighted by atomic mass is 10.1. The number of non-ortho nitro benzene ring substituents is 1. The normalized spacial score (nSPS) is 9.61. The Morgan fingerprint density at radius 1 is 1.43 bits per heavy atom. The summed E-state index contributed by atoms with van der Waals surface area (Å²) < 4.78 is 4.65. The van der Waals surface area contributed by atoms with Crippen LogP contribution in [0.3, 0.4) is 0 Å². The van der Waals surface area contributed by atoms with Gasteiger partial charge in [0.2, 0.25) is 5.13 Å². The minimum Gasteiger partial charge on any atom is -0.464 e. The molecule has 4 N–H and O–H groups in total. The molecular weight excluding hydrogens is 346 g/mol. The number of nitrogens with zero attached hydrogens (tertiary/aromatic N) is 3. The summed E-state index contributed by atoms with van der Waals surface area (Å²) in [6, 6.07) is 5.80. The Labute approximate surface area is 140 Å². The number of thiazole rings is 1. The second-order valence-electron chi connectivity index (χ2n) is 4.01. The van der Waals surface area contributed by atoms with Gasteiger partial charge in [-0.3, -0.25) is 10.1 Å². The summed E-state index contributed by atoms with van der Waals surface area (Å²) in [5.41, 5.74) is 10.9. The van der Waals surface area contributed by atoms with E-state index >= 15 is 0 Å². The fourth-order valence-corrected chi connectivity index (χ4v) is 2.60. The number of esters is 1. The third kappa shape index (κ3) is 4.14. The molecule has 0 aliphatic heterocycles. The van der Waals surface area contributed by atoms with Crippen LogP contribution in [0.15, 0.2) is 29.3 Å². The minimum atomic E-state index is -0.685. The summed E-state index contributed by atoms with van der Waals surface area (Å²) in [5.74, 6) is -0.898. The van der Waals surface area contributed by atoms with Gasteiger partial charge in [0.15, 0.2) is 11.7 Å². The van der Waals surface area contributed by atoms with Gasteiger partial charge in [-0.05, 0) is 0 Å². The zero-order valence-electron chi connectivity index (χ0n) is 11.8.